The van der Waals surface area contributed by atoms with Crippen LogP contribution in [0.1, 0.15) is 0 Å². The summed E-state index contributed by atoms with van der Waals surface area (Å²) >= 11 is 0. The Morgan fingerprint density at radius 3 is 1.50 bits per heavy atom. The van der Waals surface area contributed by atoms with Gasteiger partial charge in [-0.2, -0.15) is 9.97 Å². The molecule has 2 N–H and O–H groups in total. The lowest BCUT2D eigenvalue weighted by Crippen LogP contribution is -2.16. The molecule has 0 aliphatic rings. The number of anilines is 4. The van der Waals surface area contributed by atoms with Crippen molar-refractivity contribution in [3.8, 4) is 22.8 Å². The zero-order valence-electron chi connectivity index (χ0n) is 17.3. The molecule has 5 rings (SSSR count). The number of hydrogen-bond acceptors (Lipinski definition) is 5. The summed E-state index contributed by atoms with van der Waals surface area (Å²) in [6, 6.07) is 37.6. The highest BCUT2D eigenvalue weighted by Crippen LogP contribution is 2.37. The monoisotopic (exact) mass is 415 g/mol. The zero-order chi connectivity index (χ0) is 21.8. The maximum atomic E-state index is 6.38. The summed E-state index contributed by atoms with van der Waals surface area (Å²) in [6.07, 6.45) is 0. The summed E-state index contributed by atoms with van der Waals surface area (Å²) in [7, 11) is 0. The Hall–Kier alpha value is -4.51. The molecule has 0 bridgehead atoms. The van der Waals surface area contributed by atoms with Gasteiger partial charge in [-0.3, -0.25) is 4.90 Å². The van der Waals surface area contributed by atoms with Crippen molar-refractivity contribution in [1.82, 2.24) is 15.0 Å². The van der Waals surface area contributed by atoms with E-state index in [2.05, 4.69) is 0 Å². The average Bonchev–Trinajstić information content (AvgIpc) is 2.87. The number of nitrogen functional groups attached to an aromatic ring is 1. The van der Waals surface area contributed by atoms with Crippen molar-refractivity contribution in [1.29, 1.82) is 0 Å². The maximum absolute atomic E-state index is 6.38. The van der Waals surface area contributed by atoms with E-state index >= 15 is 0 Å². The lowest BCUT2D eigenvalue weighted by molar-refractivity contribution is 1.02. The van der Waals surface area contributed by atoms with E-state index in [1.54, 1.807) is 0 Å². The Bertz CT molecular complexity index is 1260. The van der Waals surface area contributed by atoms with Crippen LogP contribution in [0.25, 0.3) is 22.8 Å². The zero-order valence-corrected chi connectivity index (χ0v) is 17.3. The van der Waals surface area contributed by atoms with Gasteiger partial charge in [0.25, 0.3) is 0 Å². The van der Waals surface area contributed by atoms with Crippen LogP contribution in [-0.2, 0) is 0 Å². The number of aromatic nitrogens is 3. The van der Waals surface area contributed by atoms with E-state index in [4.69, 9.17) is 20.7 Å². The van der Waals surface area contributed by atoms with Crippen LogP contribution in [0.15, 0.2) is 115 Å². The van der Waals surface area contributed by atoms with E-state index in [-0.39, 0.29) is 0 Å². The SMILES string of the molecule is Nc1ccccc1N(c1ccccc1)c1nc(-c2ccccc2)nc(-c2ccccc2)n1. The minimum Gasteiger partial charge on any atom is -0.397 e. The Balaban J connectivity index is 1.76. The molecule has 5 nitrogen and oxygen atoms in total. The van der Waals surface area contributed by atoms with Gasteiger partial charge in [-0.25, -0.2) is 4.98 Å². The number of para-hydroxylation sites is 3. The molecule has 0 atom stereocenters. The molecule has 0 fully saturated rings. The molecule has 0 saturated heterocycles. The molecule has 5 aromatic rings. The van der Waals surface area contributed by atoms with Gasteiger partial charge in [0.2, 0.25) is 5.95 Å². The second-order valence-electron chi connectivity index (χ2n) is 7.24. The molecule has 5 heteroatoms. The van der Waals surface area contributed by atoms with Gasteiger partial charge in [0.1, 0.15) is 0 Å². The molecule has 0 amide bonds. The summed E-state index contributed by atoms with van der Waals surface area (Å²) in [6.45, 7) is 0. The number of hydrogen-bond donors (Lipinski definition) is 1. The molecule has 4 aromatic carbocycles. The fraction of sp³-hybridized carbons (Fsp3) is 0. The topological polar surface area (TPSA) is 67.9 Å². The van der Waals surface area contributed by atoms with E-state index in [0.29, 0.717) is 23.3 Å². The van der Waals surface area contributed by atoms with E-state index in [1.807, 2.05) is 120 Å². The van der Waals surface area contributed by atoms with Gasteiger partial charge < -0.3 is 5.73 Å². The first-order valence-electron chi connectivity index (χ1n) is 10.4. The van der Waals surface area contributed by atoms with Gasteiger partial charge in [-0.05, 0) is 24.3 Å². The third-order valence-electron chi connectivity index (χ3n) is 5.08. The summed E-state index contributed by atoms with van der Waals surface area (Å²) < 4.78 is 0. The first kappa shape index (κ1) is 19.5. The number of rotatable bonds is 5. The first-order chi connectivity index (χ1) is 15.8. The van der Waals surface area contributed by atoms with Crippen molar-refractivity contribution in [2.24, 2.45) is 0 Å². The van der Waals surface area contributed by atoms with Crippen LogP contribution < -0.4 is 10.6 Å². The maximum Gasteiger partial charge on any atom is 0.238 e. The summed E-state index contributed by atoms with van der Waals surface area (Å²) in [5.74, 6) is 1.71. The van der Waals surface area contributed by atoms with Crippen LogP contribution in [0.2, 0.25) is 0 Å². The number of benzene rings is 4. The highest BCUT2D eigenvalue weighted by molar-refractivity contribution is 5.81. The predicted octanol–water partition coefficient (Wildman–Crippen LogP) is 6.26. The van der Waals surface area contributed by atoms with Gasteiger partial charge in [0.15, 0.2) is 11.6 Å². The molecular formula is C27H21N5. The Morgan fingerprint density at radius 1 is 0.500 bits per heavy atom. The molecule has 0 aliphatic carbocycles. The second kappa shape index (κ2) is 8.70. The molecule has 0 aliphatic heterocycles. The van der Waals surface area contributed by atoms with E-state index in [0.717, 1.165) is 22.5 Å². The minimum absolute atomic E-state index is 0.502. The second-order valence-corrected chi connectivity index (χ2v) is 7.24. The fourth-order valence-corrected chi connectivity index (χ4v) is 3.53. The summed E-state index contributed by atoms with van der Waals surface area (Å²) in [4.78, 5) is 16.5. The van der Waals surface area contributed by atoms with Gasteiger partial charge in [-0.1, -0.05) is 91.0 Å². The van der Waals surface area contributed by atoms with Gasteiger partial charge in [0, 0.05) is 16.8 Å². The summed E-state index contributed by atoms with van der Waals surface area (Å²) in [5.41, 5.74) is 10.6. The molecule has 0 unspecified atom stereocenters. The van der Waals surface area contributed by atoms with Crippen LogP contribution in [0.4, 0.5) is 23.0 Å². The third-order valence-corrected chi connectivity index (χ3v) is 5.08. The van der Waals surface area contributed by atoms with E-state index in [1.165, 1.54) is 0 Å². The van der Waals surface area contributed by atoms with Crippen molar-refractivity contribution < 1.29 is 0 Å². The Kier molecular flexibility index (Phi) is 5.29. The van der Waals surface area contributed by atoms with Crippen molar-refractivity contribution in [3.63, 3.8) is 0 Å². The standard InChI is InChI=1S/C27H21N5/c28-23-18-10-11-19-24(23)32(22-16-8-3-9-17-22)27-30-25(20-12-4-1-5-13-20)29-26(31-27)21-14-6-2-7-15-21/h1-19H,28H2. The predicted molar refractivity (Wildman–Crippen MR) is 130 cm³/mol. The number of nitrogens with two attached hydrogens (primary N) is 1. The molecule has 0 saturated carbocycles. The van der Waals surface area contributed by atoms with Crippen LogP contribution >= 0.6 is 0 Å². The molecule has 0 spiro atoms. The van der Waals surface area contributed by atoms with Crippen molar-refractivity contribution in [2.45, 2.75) is 0 Å². The van der Waals surface area contributed by atoms with Crippen molar-refractivity contribution >= 4 is 23.0 Å². The van der Waals surface area contributed by atoms with Crippen LogP contribution in [0.5, 0.6) is 0 Å². The molecule has 1 heterocycles. The molecule has 32 heavy (non-hydrogen) atoms. The smallest absolute Gasteiger partial charge is 0.238 e. The quantitative estimate of drug-likeness (QED) is 0.343. The molecule has 154 valence electrons. The lowest BCUT2D eigenvalue weighted by atomic mass is 10.2. The first-order valence-corrected chi connectivity index (χ1v) is 10.4. The fourth-order valence-electron chi connectivity index (χ4n) is 3.53. The Labute approximate surface area is 186 Å². The normalized spacial score (nSPS) is 10.6. The number of nitrogens with zero attached hydrogens (tertiary/aromatic N) is 4. The van der Waals surface area contributed by atoms with Crippen LogP contribution in [0, 0.1) is 0 Å². The molecule has 1 aromatic heterocycles. The molecular weight excluding hydrogens is 394 g/mol. The average molecular weight is 416 g/mol. The van der Waals surface area contributed by atoms with Gasteiger partial charge in [-0.15, -0.1) is 0 Å². The van der Waals surface area contributed by atoms with Gasteiger partial charge >= 0.3 is 0 Å². The lowest BCUT2D eigenvalue weighted by Gasteiger charge is -2.25. The van der Waals surface area contributed by atoms with E-state index < -0.39 is 0 Å². The van der Waals surface area contributed by atoms with E-state index in [9.17, 15) is 0 Å². The van der Waals surface area contributed by atoms with Crippen molar-refractivity contribution in [3.05, 3.63) is 115 Å². The largest absolute Gasteiger partial charge is 0.397 e. The summed E-state index contributed by atoms with van der Waals surface area (Å²) in [5, 5.41) is 0. The van der Waals surface area contributed by atoms with Crippen LogP contribution in [-0.4, -0.2) is 15.0 Å². The minimum atomic E-state index is 0.502. The van der Waals surface area contributed by atoms with Gasteiger partial charge in [0.05, 0.1) is 11.4 Å². The third kappa shape index (κ3) is 3.91. The Morgan fingerprint density at radius 2 is 0.969 bits per heavy atom. The molecule has 0 radical (unpaired) electrons. The van der Waals surface area contributed by atoms with Crippen LogP contribution in [0.3, 0.4) is 0 Å². The van der Waals surface area contributed by atoms with Crippen molar-refractivity contribution in [2.75, 3.05) is 10.6 Å². The highest BCUT2D eigenvalue weighted by atomic mass is 15.3. The highest BCUT2D eigenvalue weighted by Gasteiger charge is 2.20.